The molecule has 2 aliphatic rings. The van der Waals surface area contributed by atoms with Gasteiger partial charge in [-0.1, -0.05) is 31.4 Å². The van der Waals surface area contributed by atoms with Gasteiger partial charge in [0.15, 0.2) is 0 Å². The summed E-state index contributed by atoms with van der Waals surface area (Å²) in [6, 6.07) is 9.06. The molecule has 0 atom stereocenters. The zero-order valence-electron chi connectivity index (χ0n) is 11.6. The summed E-state index contributed by atoms with van der Waals surface area (Å²) in [5, 5.41) is 6.86. The summed E-state index contributed by atoms with van der Waals surface area (Å²) >= 11 is 0. The van der Waals surface area contributed by atoms with Gasteiger partial charge in [-0.2, -0.15) is 0 Å². The van der Waals surface area contributed by atoms with Crippen molar-refractivity contribution in [1.29, 1.82) is 0 Å². The molecule has 0 unspecified atom stereocenters. The van der Waals surface area contributed by atoms with Gasteiger partial charge in [0.2, 0.25) is 0 Å². The van der Waals surface area contributed by atoms with Gasteiger partial charge in [-0.3, -0.25) is 0 Å². The first-order chi connectivity index (χ1) is 9.42. The molecule has 102 valence electrons. The minimum Gasteiger partial charge on any atom is -0.372 e. The average Bonchev–Trinajstić information content (AvgIpc) is 2.50. The van der Waals surface area contributed by atoms with Crippen LogP contribution in [0.2, 0.25) is 0 Å². The molecule has 2 heteroatoms. The molecule has 2 N–H and O–H groups in total. The van der Waals surface area contributed by atoms with E-state index in [1.165, 1.54) is 56.2 Å². The molecule has 19 heavy (non-hydrogen) atoms. The van der Waals surface area contributed by atoms with E-state index < -0.39 is 0 Å². The van der Waals surface area contributed by atoms with E-state index in [0.717, 1.165) is 18.3 Å². The molecular formula is C17H24N2. The van der Waals surface area contributed by atoms with Crippen molar-refractivity contribution < 1.29 is 0 Å². The highest BCUT2D eigenvalue weighted by molar-refractivity contribution is 5.49. The van der Waals surface area contributed by atoms with Crippen LogP contribution in [0.25, 0.3) is 0 Å². The van der Waals surface area contributed by atoms with E-state index in [2.05, 4.69) is 41.0 Å². The van der Waals surface area contributed by atoms with Crippen LogP contribution in [0.1, 0.15) is 56.4 Å². The van der Waals surface area contributed by atoms with Gasteiger partial charge in [0.05, 0.1) is 5.82 Å². The lowest BCUT2D eigenvalue weighted by atomic mass is 9.84. The number of anilines is 1. The van der Waals surface area contributed by atoms with Gasteiger partial charge in [0, 0.05) is 12.2 Å². The minimum atomic E-state index is 0.801. The molecule has 0 amide bonds. The summed E-state index contributed by atoms with van der Waals surface area (Å²) < 4.78 is 0. The van der Waals surface area contributed by atoms with Crippen molar-refractivity contribution in [3.63, 3.8) is 0 Å². The van der Waals surface area contributed by atoms with Crippen LogP contribution >= 0.6 is 0 Å². The van der Waals surface area contributed by atoms with Crippen LogP contribution in [-0.2, 0) is 0 Å². The Bertz CT molecular complexity index is 427. The molecular weight excluding hydrogens is 232 g/mol. The van der Waals surface area contributed by atoms with Crippen molar-refractivity contribution in [3.05, 3.63) is 41.7 Å². The molecule has 0 aromatic heterocycles. The minimum absolute atomic E-state index is 0.801. The number of hydrogen-bond donors (Lipinski definition) is 2. The Morgan fingerprint density at radius 2 is 1.74 bits per heavy atom. The Morgan fingerprint density at radius 3 is 2.42 bits per heavy atom. The Morgan fingerprint density at radius 1 is 0.947 bits per heavy atom. The lowest BCUT2D eigenvalue weighted by Crippen LogP contribution is -2.23. The Hall–Kier alpha value is -1.44. The molecule has 1 saturated carbocycles. The lowest BCUT2D eigenvalue weighted by molar-refractivity contribution is 0.443. The average molecular weight is 256 g/mol. The summed E-state index contributed by atoms with van der Waals surface area (Å²) in [6.45, 7) is 1.08. The predicted molar refractivity (Wildman–Crippen MR) is 81.2 cm³/mol. The second-order valence-corrected chi connectivity index (χ2v) is 5.77. The molecule has 0 radical (unpaired) electrons. The van der Waals surface area contributed by atoms with Crippen LogP contribution in [0.15, 0.2) is 36.2 Å². The van der Waals surface area contributed by atoms with Crippen LogP contribution < -0.4 is 10.6 Å². The SMILES string of the molecule is C1=C(Nc2ccc(C3CCCCC3)cc2)NCCC1. The third kappa shape index (κ3) is 3.31. The second kappa shape index (κ2) is 6.14. The van der Waals surface area contributed by atoms with Gasteiger partial charge < -0.3 is 10.6 Å². The molecule has 1 aliphatic carbocycles. The van der Waals surface area contributed by atoms with Crippen LogP contribution in [0, 0.1) is 0 Å². The molecule has 1 aliphatic heterocycles. The topological polar surface area (TPSA) is 24.1 Å². The standard InChI is InChI=1S/C17H24N2/c1-2-6-14(7-3-1)15-9-11-16(12-10-15)19-17-8-4-5-13-18-17/h8-12,14,18-19H,1-7,13H2. The van der Waals surface area contributed by atoms with Gasteiger partial charge in [0.25, 0.3) is 0 Å². The number of rotatable bonds is 3. The fourth-order valence-corrected chi connectivity index (χ4v) is 3.17. The summed E-state index contributed by atoms with van der Waals surface area (Å²) in [6.07, 6.45) is 11.7. The first-order valence-corrected chi connectivity index (χ1v) is 7.73. The van der Waals surface area contributed by atoms with E-state index in [9.17, 15) is 0 Å². The normalized spacial score (nSPS) is 20.5. The Labute approximate surface area is 116 Å². The van der Waals surface area contributed by atoms with E-state index in [0.29, 0.717) is 0 Å². The van der Waals surface area contributed by atoms with E-state index in [1.807, 2.05) is 0 Å². The van der Waals surface area contributed by atoms with E-state index in [1.54, 1.807) is 0 Å². The maximum Gasteiger partial charge on any atom is 0.0990 e. The molecule has 1 fully saturated rings. The van der Waals surface area contributed by atoms with Crippen LogP contribution in [0.3, 0.4) is 0 Å². The summed E-state index contributed by atoms with van der Waals surface area (Å²) in [5.41, 5.74) is 2.72. The highest BCUT2D eigenvalue weighted by atomic mass is 15.1. The summed E-state index contributed by atoms with van der Waals surface area (Å²) in [4.78, 5) is 0. The lowest BCUT2D eigenvalue weighted by Gasteiger charge is -2.22. The molecule has 1 heterocycles. The third-order valence-corrected chi connectivity index (χ3v) is 4.31. The van der Waals surface area contributed by atoms with Crippen LogP contribution in [-0.4, -0.2) is 6.54 Å². The highest BCUT2D eigenvalue weighted by Crippen LogP contribution is 2.33. The van der Waals surface area contributed by atoms with Crippen molar-refractivity contribution in [3.8, 4) is 0 Å². The molecule has 0 saturated heterocycles. The second-order valence-electron chi connectivity index (χ2n) is 5.77. The summed E-state index contributed by atoms with van der Waals surface area (Å²) in [7, 11) is 0. The predicted octanol–water partition coefficient (Wildman–Crippen LogP) is 4.37. The smallest absolute Gasteiger partial charge is 0.0990 e. The highest BCUT2D eigenvalue weighted by Gasteiger charge is 2.15. The molecule has 1 aromatic rings. The van der Waals surface area contributed by atoms with Gasteiger partial charge >= 0.3 is 0 Å². The van der Waals surface area contributed by atoms with Crippen molar-refractivity contribution >= 4 is 5.69 Å². The molecule has 0 spiro atoms. The molecule has 3 rings (SSSR count). The Kier molecular flexibility index (Phi) is 4.07. The van der Waals surface area contributed by atoms with Crippen molar-refractivity contribution in [2.45, 2.75) is 50.9 Å². The zero-order valence-corrected chi connectivity index (χ0v) is 11.6. The first-order valence-electron chi connectivity index (χ1n) is 7.73. The first kappa shape index (κ1) is 12.6. The van der Waals surface area contributed by atoms with Gasteiger partial charge in [-0.05, 0) is 55.4 Å². The van der Waals surface area contributed by atoms with Crippen LogP contribution in [0.4, 0.5) is 5.69 Å². The van der Waals surface area contributed by atoms with Crippen molar-refractivity contribution in [2.24, 2.45) is 0 Å². The monoisotopic (exact) mass is 256 g/mol. The van der Waals surface area contributed by atoms with Gasteiger partial charge in [-0.15, -0.1) is 0 Å². The van der Waals surface area contributed by atoms with Crippen molar-refractivity contribution in [1.82, 2.24) is 5.32 Å². The van der Waals surface area contributed by atoms with Gasteiger partial charge in [0.1, 0.15) is 0 Å². The van der Waals surface area contributed by atoms with Gasteiger partial charge in [-0.25, -0.2) is 0 Å². The van der Waals surface area contributed by atoms with E-state index >= 15 is 0 Å². The van der Waals surface area contributed by atoms with E-state index in [-0.39, 0.29) is 0 Å². The Balaban J connectivity index is 1.63. The molecule has 0 bridgehead atoms. The fourth-order valence-electron chi connectivity index (χ4n) is 3.17. The molecule has 1 aromatic carbocycles. The van der Waals surface area contributed by atoms with Crippen molar-refractivity contribution in [2.75, 3.05) is 11.9 Å². The maximum atomic E-state index is 3.46. The number of nitrogens with one attached hydrogen (secondary N) is 2. The number of hydrogen-bond acceptors (Lipinski definition) is 2. The fraction of sp³-hybridized carbons (Fsp3) is 0.529. The third-order valence-electron chi connectivity index (χ3n) is 4.31. The zero-order chi connectivity index (χ0) is 12.9. The number of benzene rings is 1. The molecule has 2 nitrogen and oxygen atoms in total. The maximum absolute atomic E-state index is 3.46. The van der Waals surface area contributed by atoms with Crippen LogP contribution in [0.5, 0.6) is 0 Å². The largest absolute Gasteiger partial charge is 0.372 e. The quantitative estimate of drug-likeness (QED) is 0.839. The summed E-state index contributed by atoms with van der Waals surface area (Å²) in [5.74, 6) is 1.96. The number of allylic oxidation sites excluding steroid dienone is 1. The van der Waals surface area contributed by atoms with E-state index in [4.69, 9.17) is 0 Å².